The number of anilines is 3. The van der Waals surface area contributed by atoms with Crippen LogP contribution < -0.4 is 20.3 Å². The number of rotatable bonds is 5. The van der Waals surface area contributed by atoms with Crippen molar-refractivity contribution in [3.05, 3.63) is 59.5 Å². The molecular formula is C26H28F3N5O. The van der Waals surface area contributed by atoms with E-state index < -0.39 is 11.6 Å². The van der Waals surface area contributed by atoms with Crippen LogP contribution >= 0.6 is 0 Å². The van der Waals surface area contributed by atoms with Gasteiger partial charge in [0.1, 0.15) is 18.1 Å². The zero-order valence-corrected chi connectivity index (χ0v) is 19.7. The molecule has 2 aliphatic rings. The summed E-state index contributed by atoms with van der Waals surface area (Å²) in [6.07, 6.45) is 2.81. The molecule has 0 unspecified atom stereocenters. The van der Waals surface area contributed by atoms with Crippen LogP contribution in [0.5, 0.6) is 5.75 Å². The van der Waals surface area contributed by atoms with E-state index in [-0.39, 0.29) is 40.7 Å². The van der Waals surface area contributed by atoms with Gasteiger partial charge in [-0.3, -0.25) is 0 Å². The molecule has 9 heteroatoms. The molecule has 3 aromatic rings. The van der Waals surface area contributed by atoms with Crippen LogP contribution in [0.2, 0.25) is 0 Å². The van der Waals surface area contributed by atoms with Gasteiger partial charge in [0.05, 0.1) is 18.4 Å². The quantitative estimate of drug-likeness (QED) is 0.508. The molecule has 2 aliphatic heterocycles. The zero-order chi connectivity index (χ0) is 24.5. The number of aromatic nitrogens is 2. The Morgan fingerprint density at radius 2 is 1.86 bits per heavy atom. The highest BCUT2D eigenvalue weighted by atomic mass is 19.1. The molecular weight excluding hydrogens is 455 g/mol. The van der Waals surface area contributed by atoms with E-state index >= 15 is 0 Å². The third kappa shape index (κ3) is 4.77. The third-order valence-electron chi connectivity index (χ3n) is 6.59. The topological polar surface area (TPSA) is 62.3 Å². The monoisotopic (exact) mass is 483 g/mol. The van der Waals surface area contributed by atoms with E-state index in [4.69, 9.17) is 4.74 Å². The molecule has 0 bridgehead atoms. The molecule has 0 spiro atoms. The minimum Gasteiger partial charge on any atom is -0.486 e. The first-order valence-electron chi connectivity index (χ1n) is 11.9. The molecule has 2 aromatic carbocycles. The van der Waals surface area contributed by atoms with Gasteiger partial charge in [0, 0.05) is 17.3 Å². The molecule has 2 N–H and O–H groups in total. The van der Waals surface area contributed by atoms with Crippen molar-refractivity contribution in [3.63, 3.8) is 0 Å². The lowest BCUT2D eigenvalue weighted by atomic mass is 9.90. The lowest BCUT2D eigenvalue weighted by molar-refractivity contribution is 0.287. The Balaban J connectivity index is 1.43. The highest BCUT2D eigenvalue weighted by molar-refractivity contribution is 5.73. The Morgan fingerprint density at radius 3 is 2.60 bits per heavy atom. The van der Waals surface area contributed by atoms with Gasteiger partial charge in [-0.1, -0.05) is 6.07 Å². The summed E-state index contributed by atoms with van der Waals surface area (Å²) >= 11 is 0. The minimum absolute atomic E-state index is 0.0507. The number of nitrogens with zero attached hydrogens (tertiary/aromatic N) is 3. The summed E-state index contributed by atoms with van der Waals surface area (Å²) in [6, 6.07) is 7.95. The number of nitrogens with one attached hydrogen (secondary N) is 2. The number of hydrogen-bond donors (Lipinski definition) is 2. The summed E-state index contributed by atoms with van der Waals surface area (Å²) in [6.45, 7) is 6.74. The largest absolute Gasteiger partial charge is 0.486 e. The molecule has 0 aliphatic carbocycles. The van der Waals surface area contributed by atoms with Crippen molar-refractivity contribution in [2.75, 3.05) is 36.5 Å². The molecule has 5 rings (SSSR count). The van der Waals surface area contributed by atoms with E-state index in [9.17, 15) is 13.2 Å². The second kappa shape index (κ2) is 9.73. The van der Waals surface area contributed by atoms with Gasteiger partial charge in [-0.05, 0) is 75.5 Å². The average Bonchev–Trinajstić information content (AvgIpc) is 2.85. The first-order chi connectivity index (χ1) is 16.9. The summed E-state index contributed by atoms with van der Waals surface area (Å²) in [7, 11) is 0. The molecule has 0 atom stereocenters. The Hall–Kier alpha value is -3.33. The number of benzene rings is 2. The number of piperidine rings is 1. The standard InChI is InChI=1S/C26H28F3N5O/c1-15(2)34-9-10-35-25-21(28)11-17(12-23(25)34)24-22(29)14-31-26(33-24)32-18-3-4-19(20(27)13-18)16-5-7-30-8-6-16/h3-4,11-16,30H,5-10H2,1-2H3,(H,31,32,33). The van der Waals surface area contributed by atoms with Crippen LogP contribution in [0.25, 0.3) is 11.3 Å². The maximum Gasteiger partial charge on any atom is 0.227 e. The predicted molar refractivity (Wildman–Crippen MR) is 130 cm³/mol. The molecule has 6 nitrogen and oxygen atoms in total. The van der Waals surface area contributed by atoms with Crippen LogP contribution in [0.15, 0.2) is 36.5 Å². The van der Waals surface area contributed by atoms with E-state index in [0.717, 1.165) is 32.1 Å². The van der Waals surface area contributed by atoms with Gasteiger partial charge in [0.2, 0.25) is 5.95 Å². The van der Waals surface area contributed by atoms with Gasteiger partial charge in [-0.25, -0.2) is 23.1 Å². The van der Waals surface area contributed by atoms with Crippen molar-refractivity contribution in [2.45, 2.75) is 38.6 Å². The van der Waals surface area contributed by atoms with E-state index in [1.165, 1.54) is 12.1 Å². The molecule has 3 heterocycles. The SMILES string of the molecule is CC(C)N1CCOc2c(F)cc(-c3nc(Nc4ccc(C5CCNCC5)c(F)c4)ncc3F)cc21. The van der Waals surface area contributed by atoms with Crippen LogP contribution in [0, 0.1) is 17.5 Å². The van der Waals surface area contributed by atoms with Gasteiger partial charge in [0.25, 0.3) is 0 Å². The zero-order valence-electron chi connectivity index (χ0n) is 19.7. The van der Waals surface area contributed by atoms with Gasteiger partial charge in [0.15, 0.2) is 17.4 Å². The number of hydrogen-bond acceptors (Lipinski definition) is 6. The van der Waals surface area contributed by atoms with E-state index in [1.807, 2.05) is 18.7 Å². The summed E-state index contributed by atoms with van der Waals surface area (Å²) in [5, 5.41) is 6.23. The molecule has 35 heavy (non-hydrogen) atoms. The first kappa shape index (κ1) is 23.4. The Bertz CT molecular complexity index is 1230. The van der Waals surface area contributed by atoms with Crippen LogP contribution in [0.4, 0.5) is 30.5 Å². The van der Waals surface area contributed by atoms with Crippen LogP contribution in [0.1, 0.15) is 38.2 Å². The number of ether oxygens (including phenoxy) is 1. The summed E-state index contributed by atoms with van der Waals surface area (Å²) in [5.41, 5.74) is 1.93. The van der Waals surface area contributed by atoms with Crippen molar-refractivity contribution < 1.29 is 17.9 Å². The van der Waals surface area contributed by atoms with E-state index in [0.29, 0.717) is 30.1 Å². The van der Waals surface area contributed by atoms with Gasteiger partial charge in [-0.15, -0.1) is 0 Å². The second-order valence-corrected chi connectivity index (χ2v) is 9.22. The Labute approximate surface area is 202 Å². The fourth-order valence-electron chi connectivity index (χ4n) is 4.80. The van der Waals surface area contributed by atoms with Crippen molar-refractivity contribution in [3.8, 4) is 17.0 Å². The van der Waals surface area contributed by atoms with Crippen LogP contribution in [-0.2, 0) is 0 Å². The normalized spacial score (nSPS) is 16.2. The second-order valence-electron chi connectivity index (χ2n) is 9.22. The van der Waals surface area contributed by atoms with Crippen molar-refractivity contribution in [1.82, 2.24) is 15.3 Å². The molecule has 0 saturated carbocycles. The van der Waals surface area contributed by atoms with Crippen molar-refractivity contribution in [2.24, 2.45) is 0 Å². The smallest absolute Gasteiger partial charge is 0.227 e. The lowest BCUT2D eigenvalue weighted by Crippen LogP contribution is -2.38. The average molecular weight is 484 g/mol. The Kier molecular flexibility index (Phi) is 6.51. The van der Waals surface area contributed by atoms with Gasteiger partial charge < -0.3 is 20.3 Å². The maximum absolute atomic E-state index is 14.9. The van der Waals surface area contributed by atoms with E-state index in [2.05, 4.69) is 20.6 Å². The first-order valence-corrected chi connectivity index (χ1v) is 11.9. The maximum atomic E-state index is 14.9. The van der Waals surface area contributed by atoms with Crippen molar-refractivity contribution in [1.29, 1.82) is 0 Å². The predicted octanol–water partition coefficient (Wildman–Crippen LogP) is 5.38. The molecule has 0 radical (unpaired) electrons. The fourth-order valence-corrected chi connectivity index (χ4v) is 4.80. The van der Waals surface area contributed by atoms with E-state index in [1.54, 1.807) is 18.2 Å². The molecule has 0 amide bonds. The Morgan fingerprint density at radius 1 is 1.06 bits per heavy atom. The number of halogens is 3. The summed E-state index contributed by atoms with van der Waals surface area (Å²) in [5.74, 6) is -1.13. The lowest BCUT2D eigenvalue weighted by Gasteiger charge is -2.34. The molecule has 1 saturated heterocycles. The number of fused-ring (bicyclic) bond motifs is 1. The molecule has 1 fully saturated rings. The molecule has 1 aromatic heterocycles. The summed E-state index contributed by atoms with van der Waals surface area (Å²) in [4.78, 5) is 10.3. The molecule has 184 valence electrons. The van der Waals surface area contributed by atoms with Gasteiger partial charge in [-0.2, -0.15) is 0 Å². The van der Waals surface area contributed by atoms with Crippen LogP contribution in [-0.4, -0.2) is 42.3 Å². The van der Waals surface area contributed by atoms with Crippen molar-refractivity contribution >= 4 is 17.3 Å². The summed E-state index contributed by atoms with van der Waals surface area (Å²) < 4.78 is 50.0. The van der Waals surface area contributed by atoms with Crippen LogP contribution in [0.3, 0.4) is 0 Å². The third-order valence-corrected chi connectivity index (χ3v) is 6.59. The minimum atomic E-state index is -0.685. The van der Waals surface area contributed by atoms with Gasteiger partial charge >= 0.3 is 0 Å². The fraction of sp³-hybridized carbons (Fsp3) is 0.385. The highest BCUT2D eigenvalue weighted by Crippen LogP contribution is 2.39. The highest BCUT2D eigenvalue weighted by Gasteiger charge is 2.26.